The lowest BCUT2D eigenvalue weighted by atomic mass is 10.0. The number of nitrogen functional groups attached to an aromatic ring is 1. The summed E-state index contributed by atoms with van der Waals surface area (Å²) in [6.07, 6.45) is 1.00. The first-order valence-corrected chi connectivity index (χ1v) is 16.5. The van der Waals surface area contributed by atoms with Crippen molar-refractivity contribution in [2.24, 2.45) is 0 Å². The third-order valence-corrected chi connectivity index (χ3v) is 9.51. The van der Waals surface area contributed by atoms with Crippen LogP contribution in [-0.2, 0) is 6.42 Å². The van der Waals surface area contributed by atoms with Crippen molar-refractivity contribution in [1.29, 1.82) is 0 Å². The fraction of sp³-hybridized carbons (Fsp3) is 0.139. The second-order valence-electron chi connectivity index (χ2n) is 10.5. The van der Waals surface area contributed by atoms with Gasteiger partial charge in [0.1, 0.15) is 15.7 Å². The van der Waals surface area contributed by atoms with Gasteiger partial charge in [0, 0.05) is 40.0 Å². The maximum absolute atomic E-state index is 13.1. The van der Waals surface area contributed by atoms with Crippen molar-refractivity contribution in [3.05, 3.63) is 101 Å². The average Bonchev–Trinajstić information content (AvgIpc) is 3.74. The van der Waals surface area contributed by atoms with Crippen LogP contribution >= 0.6 is 22.7 Å². The van der Waals surface area contributed by atoms with Gasteiger partial charge in [-0.1, -0.05) is 66.8 Å². The van der Waals surface area contributed by atoms with Crippen LogP contribution in [0.2, 0.25) is 0 Å². The fourth-order valence-corrected chi connectivity index (χ4v) is 6.87. The zero-order valence-electron chi connectivity index (χ0n) is 26.3. The molecule has 47 heavy (non-hydrogen) atoms. The third kappa shape index (κ3) is 6.91. The van der Waals surface area contributed by atoms with Gasteiger partial charge in [0.05, 0.1) is 27.0 Å². The zero-order valence-corrected chi connectivity index (χ0v) is 27.9. The number of carbonyl (C=O) groups is 1. The molecule has 0 saturated heterocycles. The molecule has 9 nitrogen and oxygen atoms in total. The van der Waals surface area contributed by atoms with Gasteiger partial charge in [-0.15, -0.1) is 11.3 Å². The molecule has 0 aliphatic heterocycles. The number of nitrogens with one attached hydrogen (secondary N) is 2. The van der Waals surface area contributed by atoms with Gasteiger partial charge >= 0.3 is 0 Å². The predicted octanol–water partition coefficient (Wildman–Crippen LogP) is 8.77. The molecule has 2 heterocycles. The van der Waals surface area contributed by atoms with E-state index in [0.717, 1.165) is 38.7 Å². The molecule has 0 saturated carbocycles. The molecule has 6 rings (SSSR count). The number of carbonyl (C=O) groups excluding carboxylic acids is 1. The normalized spacial score (nSPS) is 10.8. The Morgan fingerprint density at radius 2 is 1.49 bits per heavy atom. The van der Waals surface area contributed by atoms with Crippen LogP contribution in [-0.4, -0.2) is 37.2 Å². The number of aryl methyl sites for hydroxylation is 1. The summed E-state index contributed by atoms with van der Waals surface area (Å²) in [4.78, 5) is 23.2. The number of nitrogens with zero attached hydrogens (tertiary/aromatic N) is 2. The van der Waals surface area contributed by atoms with Gasteiger partial charge in [-0.2, -0.15) is 0 Å². The molecular formula is C36H33N5O4S2. The van der Waals surface area contributed by atoms with Crippen molar-refractivity contribution in [1.82, 2.24) is 9.97 Å². The van der Waals surface area contributed by atoms with E-state index in [1.165, 1.54) is 28.2 Å². The van der Waals surface area contributed by atoms with Crippen LogP contribution in [0.3, 0.4) is 0 Å². The van der Waals surface area contributed by atoms with Crippen LogP contribution in [0.4, 0.5) is 22.3 Å². The number of nitrogens with two attached hydrogens (primary N) is 1. The number of benzene rings is 4. The Hall–Kier alpha value is -5.39. The molecule has 238 valence electrons. The van der Waals surface area contributed by atoms with Gasteiger partial charge in [0.25, 0.3) is 5.91 Å². The molecule has 0 aliphatic rings. The number of ether oxygens (including phenoxy) is 3. The molecule has 6 aromatic rings. The van der Waals surface area contributed by atoms with Crippen molar-refractivity contribution >= 4 is 50.9 Å². The molecular weight excluding hydrogens is 631 g/mol. The van der Waals surface area contributed by atoms with Gasteiger partial charge in [-0.05, 0) is 47.4 Å². The number of hydrogen-bond donors (Lipinski definition) is 3. The first kappa shape index (κ1) is 31.6. The van der Waals surface area contributed by atoms with E-state index >= 15 is 0 Å². The highest BCUT2D eigenvalue weighted by Gasteiger charge is 2.18. The van der Waals surface area contributed by atoms with Crippen LogP contribution in [0.5, 0.6) is 17.2 Å². The Balaban J connectivity index is 1.15. The summed E-state index contributed by atoms with van der Waals surface area (Å²) < 4.78 is 16.3. The summed E-state index contributed by atoms with van der Waals surface area (Å²) >= 11 is 2.87. The lowest BCUT2D eigenvalue weighted by molar-refractivity contribution is 0.102. The number of anilines is 4. The summed E-state index contributed by atoms with van der Waals surface area (Å²) in [6, 6.07) is 27.4. The molecule has 0 bridgehead atoms. The molecule has 4 N–H and O–H groups in total. The number of methoxy groups -OCH3 is 3. The molecule has 0 aliphatic carbocycles. The molecule has 0 atom stereocenters. The Bertz CT molecular complexity index is 2000. The average molecular weight is 664 g/mol. The second kappa shape index (κ2) is 13.9. The van der Waals surface area contributed by atoms with Crippen molar-refractivity contribution in [2.75, 3.05) is 37.7 Å². The smallest absolute Gasteiger partial charge is 0.255 e. The summed E-state index contributed by atoms with van der Waals surface area (Å²) in [5.41, 5.74) is 13.4. The van der Waals surface area contributed by atoms with Gasteiger partial charge in [0.15, 0.2) is 16.6 Å². The van der Waals surface area contributed by atoms with Gasteiger partial charge in [-0.3, -0.25) is 4.79 Å². The SMILES string of the molecule is CCc1ccc(-c2ccc(C(=O)Nc3cccc(-c4csc(-c5sc(Nc6cc(OC)c(OC)c(OC)c6)nc5N)n4)c3)cc2)cc1. The predicted molar refractivity (Wildman–Crippen MR) is 192 cm³/mol. The van der Waals surface area contributed by atoms with E-state index in [9.17, 15) is 4.79 Å². The third-order valence-electron chi connectivity index (χ3n) is 7.53. The van der Waals surface area contributed by atoms with Crippen molar-refractivity contribution in [3.63, 3.8) is 0 Å². The maximum Gasteiger partial charge on any atom is 0.255 e. The summed E-state index contributed by atoms with van der Waals surface area (Å²) in [7, 11) is 4.69. The zero-order chi connectivity index (χ0) is 32.9. The monoisotopic (exact) mass is 663 g/mol. The summed E-state index contributed by atoms with van der Waals surface area (Å²) in [5.74, 6) is 1.73. The van der Waals surface area contributed by atoms with Gasteiger partial charge < -0.3 is 30.6 Å². The summed E-state index contributed by atoms with van der Waals surface area (Å²) in [5, 5.41) is 9.59. The highest BCUT2D eigenvalue weighted by atomic mass is 32.1. The van der Waals surface area contributed by atoms with Crippen LogP contribution in [0.1, 0.15) is 22.8 Å². The minimum atomic E-state index is -0.182. The van der Waals surface area contributed by atoms with E-state index < -0.39 is 0 Å². The molecule has 1 amide bonds. The quantitative estimate of drug-likeness (QED) is 0.126. The maximum atomic E-state index is 13.1. The van der Waals surface area contributed by atoms with Crippen molar-refractivity contribution in [2.45, 2.75) is 13.3 Å². The van der Waals surface area contributed by atoms with E-state index in [-0.39, 0.29) is 5.91 Å². The lowest BCUT2D eigenvalue weighted by Gasteiger charge is -2.14. The lowest BCUT2D eigenvalue weighted by Crippen LogP contribution is -2.11. The minimum Gasteiger partial charge on any atom is -0.493 e. The standard InChI is InChI=1S/C36H33N5O4S2/c1-5-21-9-11-22(12-10-21)23-13-15-24(16-14-23)34(42)38-26-8-6-7-25(17-26)28-20-46-35(40-28)32-33(37)41-36(47-32)39-27-18-29(43-2)31(45-4)30(19-27)44-3/h6-20H,5,37H2,1-4H3,(H,38,42)(H,39,41). The first-order chi connectivity index (χ1) is 22.9. The van der Waals surface area contributed by atoms with Crippen LogP contribution < -0.4 is 30.6 Å². The molecule has 0 unspecified atom stereocenters. The Morgan fingerprint density at radius 3 is 2.13 bits per heavy atom. The van der Waals surface area contributed by atoms with E-state index in [1.807, 2.05) is 53.9 Å². The topological polar surface area (TPSA) is 121 Å². The molecule has 0 fully saturated rings. The van der Waals surface area contributed by atoms with E-state index in [2.05, 4.69) is 46.8 Å². The number of hydrogen-bond acceptors (Lipinski definition) is 10. The molecule has 4 aromatic carbocycles. The number of amides is 1. The fourth-order valence-electron chi connectivity index (χ4n) is 5.03. The molecule has 11 heteroatoms. The van der Waals surface area contributed by atoms with Gasteiger partial charge in [-0.25, -0.2) is 9.97 Å². The van der Waals surface area contributed by atoms with E-state index in [0.29, 0.717) is 45.1 Å². The summed E-state index contributed by atoms with van der Waals surface area (Å²) in [6.45, 7) is 2.14. The minimum absolute atomic E-state index is 0.182. The van der Waals surface area contributed by atoms with Crippen LogP contribution in [0.15, 0.2) is 90.3 Å². The Labute approximate surface area is 281 Å². The second-order valence-corrected chi connectivity index (χ2v) is 12.3. The number of aromatic nitrogens is 2. The van der Waals surface area contributed by atoms with Crippen molar-refractivity contribution < 1.29 is 19.0 Å². The van der Waals surface area contributed by atoms with Crippen molar-refractivity contribution in [3.8, 4) is 49.5 Å². The highest BCUT2D eigenvalue weighted by molar-refractivity contribution is 7.23. The molecule has 0 spiro atoms. The van der Waals surface area contributed by atoms with Crippen LogP contribution in [0.25, 0.3) is 32.3 Å². The van der Waals surface area contributed by atoms with Crippen LogP contribution in [0, 0.1) is 0 Å². The van der Waals surface area contributed by atoms with Gasteiger partial charge in [0.2, 0.25) is 5.75 Å². The first-order valence-electron chi connectivity index (χ1n) is 14.8. The Kier molecular flexibility index (Phi) is 9.37. The number of thiazole rings is 2. The number of rotatable bonds is 11. The molecule has 2 aromatic heterocycles. The highest BCUT2D eigenvalue weighted by Crippen LogP contribution is 2.43. The van der Waals surface area contributed by atoms with E-state index in [1.54, 1.807) is 33.5 Å². The largest absolute Gasteiger partial charge is 0.493 e. The molecule has 0 radical (unpaired) electrons. The van der Waals surface area contributed by atoms with E-state index in [4.69, 9.17) is 24.9 Å². The Morgan fingerprint density at radius 1 is 0.809 bits per heavy atom.